The van der Waals surface area contributed by atoms with E-state index in [0.29, 0.717) is 5.56 Å². The molecule has 1 aromatic rings. The molecule has 2 atom stereocenters. The number of aromatic nitrogens is 1. The first-order valence-corrected chi connectivity index (χ1v) is 6.59. The third-order valence-corrected chi connectivity index (χ3v) is 3.58. The van der Waals surface area contributed by atoms with Gasteiger partial charge in [-0.1, -0.05) is 0 Å². The van der Waals surface area contributed by atoms with Gasteiger partial charge in [0.1, 0.15) is 0 Å². The van der Waals surface area contributed by atoms with Crippen LogP contribution in [0, 0.1) is 6.92 Å². The average Bonchev–Trinajstić information content (AvgIpc) is 2.39. The van der Waals surface area contributed by atoms with E-state index in [4.69, 9.17) is 5.73 Å². The minimum absolute atomic E-state index is 0.0210. The summed E-state index contributed by atoms with van der Waals surface area (Å²) < 4.78 is 0. The molecule has 2 unspecified atom stereocenters. The lowest BCUT2D eigenvalue weighted by atomic mass is 9.96. The van der Waals surface area contributed by atoms with Gasteiger partial charge in [0.2, 0.25) is 0 Å². The minimum atomic E-state index is 0.0210. The number of amides is 1. The summed E-state index contributed by atoms with van der Waals surface area (Å²) in [5, 5.41) is 0. The molecular weight excluding hydrogens is 226 g/mol. The third kappa shape index (κ3) is 2.70. The summed E-state index contributed by atoms with van der Waals surface area (Å²) in [6.45, 7) is 4.70. The average molecular weight is 247 g/mol. The Morgan fingerprint density at radius 1 is 1.50 bits per heavy atom. The maximum atomic E-state index is 12.5. The molecule has 0 bridgehead atoms. The van der Waals surface area contributed by atoms with Gasteiger partial charge >= 0.3 is 0 Å². The normalized spacial score (nSPS) is 21.7. The monoisotopic (exact) mass is 247 g/mol. The molecule has 0 spiro atoms. The van der Waals surface area contributed by atoms with E-state index >= 15 is 0 Å². The highest BCUT2D eigenvalue weighted by atomic mass is 16.2. The Kier molecular flexibility index (Phi) is 3.97. The smallest absolute Gasteiger partial charge is 0.255 e. The lowest BCUT2D eigenvalue weighted by Gasteiger charge is -2.38. The first-order chi connectivity index (χ1) is 8.59. The fourth-order valence-corrected chi connectivity index (χ4v) is 2.52. The molecular formula is C14H21N3O. The first kappa shape index (κ1) is 13.0. The number of nitrogens with zero attached hydrogens (tertiary/aromatic N) is 2. The zero-order chi connectivity index (χ0) is 13.1. The van der Waals surface area contributed by atoms with Crippen LogP contribution in [0.3, 0.4) is 0 Å². The predicted octanol–water partition coefficient (Wildman–Crippen LogP) is 1.73. The molecule has 1 aliphatic heterocycles. The number of likely N-dealkylation sites (tertiary alicyclic amines) is 1. The van der Waals surface area contributed by atoms with Crippen molar-refractivity contribution in [3.63, 3.8) is 0 Å². The van der Waals surface area contributed by atoms with Gasteiger partial charge < -0.3 is 10.6 Å². The summed E-state index contributed by atoms with van der Waals surface area (Å²) in [4.78, 5) is 18.6. The van der Waals surface area contributed by atoms with E-state index in [0.717, 1.165) is 31.5 Å². The van der Waals surface area contributed by atoms with Crippen LogP contribution in [0.4, 0.5) is 0 Å². The molecule has 1 aromatic heterocycles. The van der Waals surface area contributed by atoms with E-state index in [-0.39, 0.29) is 18.0 Å². The van der Waals surface area contributed by atoms with Crippen LogP contribution in [0.5, 0.6) is 0 Å². The molecule has 0 aliphatic carbocycles. The number of hydrogen-bond donors (Lipinski definition) is 1. The Labute approximate surface area is 108 Å². The highest BCUT2D eigenvalue weighted by molar-refractivity contribution is 5.94. The molecule has 2 N–H and O–H groups in total. The zero-order valence-electron chi connectivity index (χ0n) is 11.1. The second kappa shape index (κ2) is 5.48. The number of carbonyl (C=O) groups is 1. The van der Waals surface area contributed by atoms with Crippen LogP contribution in [0.15, 0.2) is 18.3 Å². The fourth-order valence-electron chi connectivity index (χ4n) is 2.52. The lowest BCUT2D eigenvalue weighted by molar-refractivity contribution is 0.0583. The highest BCUT2D eigenvalue weighted by Crippen LogP contribution is 2.21. The van der Waals surface area contributed by atoms with Crippen molar-refractivity contribution in [2.75, 3.05) is 6.54 Å². The summed E-state index contributed by atoms with van der Waals surface area (Å²) >= 11 is 0. The highest BCUT2D eigenvalue weighted by Gasteiger charge is 2.29. The number of aryl methyl sites for hydroxylation is 1. The van der Waals surface area contributed by atoms with Gasteiger partial charge in [-0.15, -0.1) is 0 Å². The molecule has 1 aliphatic rings. The maximum Gasteiger partial charge on any atom is 0.255 e. The quantitative estimate of drug-likeness (QED) is 0.866. The largest absolute Gasteiger partial charge is 0.334 e. The Balaban J connectivity index is 2.18. The predicted molar refractivity (Wildman–Crippen MR) is 71.3 cm³/mol. The second-order valence-corrected chi connectivity index (χ2v) is 5.11. The SMILES string of the molecule is Cc1ccc(C(=O)N2CCCCC2C(C)N)cn1. The number of pyridine rings is 1. The third-order valence-electron chi connectivity index (χ3n) is 3.58. The Bertz CT molecular complexity index is 414. The van der Waals surface area contributed by atoms with Crippen LogP contribution in [0.25, 0.3) is 0 Å². The van der Waals surface area contributed by atoms with E-state index < -0.39 is 0 Å². The molecule has 1 fully saturated rings. The molecule has 1 amide bonds. The van der Waals surface area contributed by atoms with E-state index in [2.05, 4.69) is 4.98 Å². The molecule has 4 heteroatoms. The van der Waals surface area contributed by atoms with Gasteiger partial charge in [-0.2, -0.15) is 0 Å². The molecule has 2 rings (SSSR count). The number of rotatable bonds is 2. The van der Waals surface area contributed by atoms with Crippen LogP contribution >= 0.6 is 0 Å². The topological polar surface area (TPSA) is 59.2 Å². The van der Waals surface area contributed by atoms with Crippen molar-refractivity contribution in [3.8, 4) is 0 Å². The van der Waals surface area contributed by atoms with Crippen molar-refractivity contribution in [1.82, 2.24) is 9.88 Å². The number of carbonyl (C=O) groups excluding carboxylic acids is 1. The van der Waals surface area contributed by atoms with Crippen LogP contribution in [-0.2, 0) is 0 Å². The van der Waals surface area contributed by atoms with Crippen molar-refractivity contribution < 1.29 is 4.79 Å². The van der Waals surface area contributed by atoms with E-state index in [1.54, 1.807) is 6.20 Å². The Morgan fingerprint density at radius 2 is 2.28 bits per heavy atom. The molecule has 0 radical (unpaired) electrons. The Morgan fingerprint density at radius 3 is 2.89 bits per heavy atom. The van der Waals surface area contributed by atoms with Gasteiger partial charge in [0, 0.05) is 30.5 Å². The van der Waals surface area contributed by atoms with Gasteiger partial charge in [0.05, 0.1) is 5.56 Å². The van der Waals surface area contributed by atoms with Gasteiger partial charge in [0.25, 0.3) is 5.91 Å². The van der Waals surface area contributed by atoms with Gasteiger partial charge in [-0.3, -0.25) is 9.78 Å². The van der Waals surface area contributed by atoms with Gasteiger partial charge in [-0.25, -0.2) is 0 Å². The van der Waals surface area contributed by atoms with E-state index in [9.17, 15) is 4.79 Å². The molecule has 1 saturated heterocycles. The number of piperidine rings is 1. The minimum Gasteiger partial charge on any atom is -0.334 e. The van der Waals surface area contributed by atoms with Gasteiger partial charge in [-0.05, 0) is 45.2 Å². The Hall–Kier alpha value is -1.42. The van der Waals surface area contributed by atoms with E-state index in [1.807, 2.05) is 30.9 Å². The molecule has 18 heavy (non-hydrogen) atoms. The fraction of sp³-hybridized carbons (Fsp3) is 0.571. The molecule has 0 saturated carbocycles. The summed E-state index contributed by atoms with van der Waals surface area (Å²) in [6, 6.07) is 3.90. The summed E-state index contributed by atoms with van der Waals surface area (Å²) in [7, 11) is 0. The lowest BCUT2D eigenvalue weighted by Crippen LogP contribution is -2.51. The van der Waals surface area contributed by atoms with E-state index in [1.165, 1.54) is 0 Å². The molecule has 4 nitrogen and oxygen atoms in total. The van der Waals surface area contributed by atoms with Crippen molar-refractivity contribution >= 4 is 5.91 Å². The van der Waals surface area contributed by atoms with Crippen LogP contribution < -0.4 is 5.73 Å². The van der Waals surface area contributed by atoms with Crippen LogP contribution in [0.1, 0.15) is 42.2 Å². The van der Waals surface area contributed by atoms with Crippen LogP contribution in [-0.4, -0.2) is 34.4 Å². The summed E-state index contributed by atoms with van der Waals surface area (Å²) in [6.07, 6.45) is 4.88. The number of nitrogens with two attached hydrogens (primary N) is 1. The first-order valence-electron chi connectivity index (χ1n) is 6.59. The molecule has 2 heterocycles. The van der Waals surface area contributed by atoms with Crippen molar-refractivity contribution in [3.05, 3.63) is 29.6 Å². The summed E-state index contributed by atoms with van der Waals surface area (Å²) in [5.74, 6) is 0.0597. The molecule has 98 valence electrons. The second-order valence-electron chi connectivity index (χ2n) is 5.11. The zero-order valence-corrected chi connectivity index (χ0v) is 11.1. The van der Waals surface area contributed by atoms with Gasteiger partial charge in [0.15, 0.2) is 0 Å². The van der Waals surface area contributed by atoms with Crippen molar-refractivity contribution in [1.29, 1.82) is 0 Å². The standard InChI is InChI=1S/C14H21N3O/c1-10-6-7-12(9-16-10)14(18)17-8-4-3-5-13(17)11(2)15/h6-7,9,11,13H,3-5,8,15H2,1-2H3. The van der Waals surface area contributed by atoms with Crippen molar-refractivity contribution in [2.45, 2.75) is 45.2 Å². The number of hydrogen-bond acceptors (Lipinski definition) is 3. The van der Waals surface area contributed by atoms with Crippen LogP contribution in [0.2, 0.25) is 0 Å². The van der Waals surface area contributed by atoms with Crippen molar-refractivity contribution in [2.24, 2.45) is 5.73 Å². The summed E-state index contributed by atoms with van der Waals surface area (Å²) in [5.41, 5.74) is 7.57. The molecule has 0 aromatic carbocycles. The maximum absolute atomic E-state index is 12.5.